The maximum absolute atomic E-state index is 13.2. The lowest BCUT2D eigenvalue weighted by molar-refractivity contribution is -0.274. The molecule has 0 aromatic heterocycles. The first kappa shape index (κ1) is 15.2. The van der Waals surface area contributed by atoms with Gasteiger partial charge >= 0.3 is 6.36 Å². The van der Waals surface area contributed by atoms with Crippen molar-refractivity contribution < 1.29 is 22.3 Å². The summed E-state index contributed by atoms with van der Waals surface area (Å²) in [6, 6.07) is 7.53. The van der Waals surface area contributed by atoms with Gasteiger partial charge in [-0.15, -0.1) is 13.2 Å². The molecule has 0 saturated heterocycles. The molecule has 112 valence electrons. The SMILES string of the molecule is Nc1cc(F)c(Cl)cc1Nc1ccccc1OC(F)(F)F. The number of hydrogen-bond acceptors (Lipinski definition) is 3. The van der Waals surface area contributed by atoms with Crippen molar-refractivity contribution in [3.8, 4) is 5.75 Å². The summed E-state index contributed by atoms with van der Waals surface area (Å²) in [4.78, 5) is 0. The lowest BCUT2D eigenvalue weighted by Gasteiger charge is -2.15. The van der Waals surface area contributed by atoms with E-state index in [2.05, 4.69) is 10.1 Å². The molecule has 0 heterocycles. The molecule has 21 heavy (non-hydrogen) atoms. The molecule has 3 N–H and O–H groups in total. The van der Waals surface area contributed by atoms with E-state index in [1.165, 1.54) is 24.3 Å². The second kappa shape index (κ2) is 5.69. The minimum Gasteiger partial charge on any atom is -0.404 e. The number of alkyl halides is 3. The number of anilines is 3. The van der Waals surface area contributed by atoms with Crippen LogP contribution in [0.1, 0.15) is 0 Å². The number of para-hydroxylation sites is 2. The van der Waals surface area contributed by atoms with E-state index in [4.69, 9.17) is 17.3 Å². The van der Waals surface area contributed by atoms with Crippen molar-refractivity contribution in [3.63, 3.8) is 0 Å². The van der Waals surface area contributed by atoms with Crippen molar-refractivity contribution in [2.75, 3.05) is 11.1 Å². The molecule has 2 aromatic carbocycles. The van der Waals surface area contributed by atoms with Gasteiger partial charge in [-0.25, -0.2) is 4.39 Å². The van der Waals surface area contributed by atoms with Gasteiger partial charge in [0.2, 0.25) is 0 Å². The van der Waals surface area contributed by atoms with Gasteiger partial charge in [0.25, 0.3) is 0 Å². The Morgan fingerprint density at radius 1 is 1.10 bits per heavy atom. The standard InChI is InChI=1S/C13H9ClF4N2O/c14-7-5-11(9(19)6-8(7)15)20-10-3-1-2-4-12(10)21-13(16,17)18/h1-6,20H,19H2. The Balaban J connectivity index is 2.34. The first-order chi connectivity index (χ1) is 9.76. The van der Waals surface area contributed by atoms with E-state index in [1.54, 1.807) is 0 Å². The number of rotatable bonds is 3. The Bertz CT molecular complexity index is 661. The summed E-state index contributed by atoms with van der Waals surface area (Å²) in [5.41, 5.74) is 5.77. The molecule has 0 atom stereocenters. The van der Waals surface area contributed by atoms with Crippen molar-refractivity contribution in [2.24, 2.45) is 0 Å². The lowest BCUT2D eigenvalue weighted by Crippen LogP contribution is -2.17. The molecule has 0 fully saturated rings. The number of halogens is 5. The Kier molecular flexibility index (Phi) is 4.13. The molecule has 0 saturated carbocycles. The van der Waals surface area contributed by atoms with Gasteiger partial charge in [-0.05, 0) is 18.2 Å². The topological polar surface area (TPSA) is 47.3 Å². The summed E-state index contributed by atoms with van der Waals surface area (Å²) in [7, 11) is 0. The fourth-order valence-electron chi connectivity index (χ4n) is 1.60. The van der Waals surface area contributed by atoms with E-state index < -0.39 is 17.9 Å². The second-order valence-electron chi connectivity index (χ2n) is 4.02. The molecule has 3 nitrogen and oxygen atoms in total. The van der Waals surface area contributed by atoms with Crippen LogP contribution in [0.4, 0.5) is 34.6 Å². The fourth-order valence-corrected chi connectivity index (χ4v) is 1.76. The number of benzene rings is 2. The van der Waals surface area contributed by atoms with Gasteiger partial charge in [-0.3, -0.25) is 0 Å². The monoisotopic (exact) mass is 320 g/mol. The first-order valence-corrected chi connectivity index (χ1v) is 6.00. The van der Waals surface area contributed by atoms with Crippen molar-refractivity contribution in [1.29, 1.82) is 0 Å². The summed E-state index contributed by atoms with van der Waals surface area (Å²) in [5, 5.41) is 2.42. The lowest BCUT2D eigenvalue weighted by atomic mass is 10.2. The van der Waals surface area contributed by atoms with Crippen LogP contribution < -0.4 is 15.8 Å². The molecule has 0 amide bonds. The van der Waals surface area contributed by atoms with Gasteiger partial charge in [0.15, 0.2) is 5.75 Å². The van der Waals surface area contributed by atoms with Crippen molar-refractivity contribution in [2.45, 2.75) is 6.36 Å². The van der Waals surface area contributed by atoms with E-state index in [1.807, 2.05) is 0 Å². The molecule has 0 spiro atoms. The highest BCUT2D eigenvalue weighted by atomic mass is 35.5. The molecule has 0 bridgehead atoms. The summed E-state index contributed by atoms with van der Waals surface area (Å²) < 4.78 is 54.0. The molecule has 2 rings (SSSR count). The highest BCUT2D eigenvalue weighted by Crippen LogP contribution is 2.35. The van der Waals surface area contributed by atoms with Crippen LogP contribution in [0.25, 0.3) is 0 Å². The van der Waals surface area contributed by atoms with Crippen LogP contribution in [0.3, 0.4) is 0 Å². The zero-order valence-electron chi connectivity index (χ0n) is 10.3. The molecule has 0 aliphatic rings. The van der Waals surface area contributed by atoms with Gasteiger partial charge in [0.1, 0.15) is 5.82 Å². The summed E-state index contributed by atoms with van der Waals surface area (Å²) in [6.07, 6.45) is -4.83. The van der Waals surface area contributed by atoms with Crippen LogP contribution in [-0.2, 0) is 0 Å². The molecule has 0 radical (unpaired) electrons. The molecule has 0 aliphatic heterocycles. The Labute approximate surface area is 122 Å². The molecule has 0 aliphatic carbocycles. The average Bonchev–Trinajstić information content (AvgIpc) is 2.36. The maximum atomic E-state index is 13.2. The smallest absolute Gasteiger partial charge is 0.404 e. The van der Waals surface area contributed by atoms with E-state index in [0.717, 1.165) is 12.1 Å². The normalized spacial score (nSPS) is 11.3. The Hall–Kier alpha value is -2.15. The number of ether oxygens (including phenoxy) is 1. The van der Waals surface area contributed by atoms with Gasteiger partial charge < -0.3 is 15.8 Å². The van der Waals surface area contributed by atoms with E-state index >= 15 is 0 Å². The third kappa shape index (κ3) is 3.91. The molecule has 0 unspecified atom stereocenters. The van der Waals surface area contributed by atoms with Gasteiger partial charge in [-0.1, -0.05) is 23.7 Å². The van der Waals surface area contributed by atoms with Gasteiger partial charge in [0.05, 0.1) is 22.1 Å². The maximum Gasteiger partial charge on any atom is 0.573 e. The zero-order chi connectivity index (χ0) is 15.6. The predicted molar refractivity (Wildman–Crippen MR) is 72.2 cm³/mol. The van der Waals surface area contributed by atoms with Crippen LogP contribution in [0.2, 0.25) is 5.02 Å². The number of nitrogen functional groups attached to an aromatic ring is 1. The van der Waals surface area contributed by atoms with Crippen LogP contribution in [-0.4, -0.2) is 6.36 Å². The summed E-state index contributed by atoms with van der Waals surface area (Å²) in [5.74, 6) is -1.16. The Morgan fingerprint density at radius 2 is 1.76 bits per heavy atom. The van der Waals surface area contributed by atoms with Crippen molar-refractivity contribution in [3.05, 3.63) is 47.2 Å². The highest BCUT2D eigenvalue weighted by molar-refractivity contribution is 6.31. The van der Waals surface area contributed by atoms with Crippen LogP contribution in [0.15, 0.2) is 36.4 Å². The zero-order valence-corrected chi connectivity index (χ0v) is 11.1. The molecule has 2 aromatic rings. The third-order valence-corrected chi connectivity index (χ3v) is 2.76. The average molecular weight is 321 g/mol. The Morgan fingerprint density at radius 3 is 2.43 bits per heavy atom. The van der Waals surface area contributed by atoms with Crippen LogP contribution >= 0.6 is 11.6 Å². The predicted octanol–water partition coefficient (Wildman–Crippen LogP) is 4.70. The minimum absolute atomic E-state index is 0.00119. The van der Waals surface area contributed by atoms with Gasteiger partial charge in [-0.2, -0.15) is 0 Å². The molecular weight excluding hydrogens is 312 g/mol. The van der Waals surface area contributed by atoms with Crippen molar-refractivity contribution >= 4 is 28.7 Å². The van der Waals surface area contributed by atoms with Crippen molar-refractivity contribution in [1.82, 2.24) is 0 Å². The second-order valence-corrected chi connectivity index (χ2v) is 4.43. The van der Waals surface area contributed by atoms with Crippen LogP contribution in [0.5, 0.6) is 5.75 Å². The molecule has 8 heteroatoms. The minimum atomic E-state index is -4.83. The third-order valence-electron chi connectivity index (χ3n) is 2.47. The number of nitrogens with one attached hydrogen (secondary N) is 1. The fraction of sp³-hybridized carbons (Fsp3) is 0.0769. The van der Waals surface area contributed by atoms with Gasteiger partial charge in [0, 0.05) is 6.07 Å². The largest absolute Gasteiger partial charge is 0.573 e. The summed E-state index contributed by atoms with van der Waals surface area (Å²) >= 11 is 5.62. The van der Waals surface area contributed by atoms with Crippen LogP contribution in [0, 0.1) is 5.82 Å². The molecular formula is C13H9ClF4N2O. The first-order valence-electron chi connectivity index (χ1n) is 5.62. The number of nitrogens with two attached hydrogens (primary N) is 1. The quantitative estimate of drug-likeness (QED) is 0.636. The van der Waals surface area contributed by atoms with E-state index in [-0.39, 0.29) is 22.1 Å². The van der Waals surface area contributed by atoms with E-state index in [0.29, 0.717) is 0 Å². The number of hydrogen-bond donors (Lipinski definition) is 2. The van der Waals surface area contributed by atoms with E-state index in [9.17, 15) is 17.6 Å². The highest BCUT2D eigenvalue weighted by Gasteiger charge is 2.32. The summed E-state index contributed by atoms with van der Waals surface area (Å²) in [6.45, 7) is 0.